The largest absolute Gasteiger partial charge is 0.416 e. The molecule has 0 aliphatic carbocycles. The van der Waals surface area contributed by atoms with E-state index in [0.717, 1.165) is 18.2 Å². The Labute approximate surface area is 153 Å². The average Bonchev–Trinajstić information content (AvgIpc) is 2.59. The van der Waals surface area contributed by atoms with Crippen LogP contribution in [0.3, 0.4) is 0 Å². The maximum absolute atomic E-state index is 12.7. The second-order valence-corrected chi connectivity index (χ2v) is 7.39. The van der Waals surface area contributed by atoms with E-state index in [1.807, 2.05) is 4.72 Å². The first-order valence-electron chi connectivity index (χ1n) is 7.26. The maximum Gasteiger partial charge on any atom is 0.416 e. The number of hydrogen-bond acceptors (Lipinski definition) is 3. The quantitative estimate of drug-likeness (QED) is 0.774. The van der Waals surface area contributed by atoms with Crippen LogP contribution in [0.2, 0.25) is 5.02 Å². The van der Waals surface area contributed by atoms with Gasteiger partial charge < -0.3 is 5.32 Å². The molecule has 1 amide bonds. The van der Waals surface area contributed by atoms with Crippen LogP contribution in [0.1, 0.15) is 11.1 Å². The molecule has 0 aliphatic heterocycles. The zero-order chi connectivity index (χ0) is 19.4. The van der Waals surface area contributed by atoms with Crippen molar-refractivity contribution in [2.45, 2.75) is 17.6 Å². The van der Waals surface area contributed by atoms with Gasteiger partial charge in [0.15, 0.2) is 0 Å². The van der Waals surface area contributed by atoms with E-state index in [4.69, 9.17) is 11.6 Å². The highest BCUT2D eigenvalue weighted by atomic mass is 35.5. The number of alkyl halides is 3. The highest BCUT2D eigenvalue weighted by molar-refractivity contribution is 7.89. The summed E-state index contributed by atoms with van der Waals surface area (Å²) in [5.41, 5.74) is -0.452. The summed E-state index contributed by atoms with van der Waals surface area (Å²) in [5.74, 6) is -0.652. The van der Waals surface area contributed by atoms with E-state index in [9.17, 15) is 26.4 Å². The second-order valence-electron chi connectivity index (χ2n) is 5.22. The van der Waals surface area contributed by atoms with Crippen molar-refractivity contribution in [3.05, 3.63) is 64.7 Å². The van der Waals surface area contributed by atoms with Gasteiger partial charge in [0.25, 0.3) is 0 Å². The summed E-state index contributed by atoms with van der Waals surface area (Å²) in [4.78, 5) is 11.2. The van der Waals surface area contributed by atoms with Crippen LogP contribution in [0.25, 0.3) is 0 Å². The molecule has 2 aromatic rings. The van der Waals surface area contributed by atoms with Crippen LogP contribution in [0.15, 0.2) is 53.4 Å². The van der Waals surface area contributed by atoms with E-state index in [0.29, 0.717) is 16.7 Å². The number of benzene rings is 2. The smallest absolute Gasteiger partial charge is 0.351 e. The molecule has 2 rings (SSSR count). The summed E-state index contributed by atoms with van der Waals surface area (Å²) in [5, 5.41) is 2.91. The number of nitrogens with one attached hydrogen (secondary N) is 2. The lowest BCUT2D eigenvalue weighted by molar-refractivity contribution is -0.137. The normalized spacial score (nSPS) is 12.0. The summed E-state index contributed by atoms with van der Waals surface area (Å²) in [7, 11) is -4.27. The zero-order valence-corrected chi connectivity index (χ0v) is 14.8. The van der Waals surface area contributed by atoms with E-state index in [1.54, 1.807) is 24.3 Å². The molecular weight excluding hydrogens is 393 g/mol. The topological polar surface area (TPSA) is 75.3 Å². The Hall–Kier alpha value is -2.10. The van der Waals surface area contributed by atoms with Crippen LogP contribution < -0.4 is 10.0 Å². The van der Waals surface area contributed by atoms with Crippen molar-refractivity contribution >= 4 is 27.5 Å². The first-order chi connectivity index (χ1) is 12.1. The van der Waals surface area contributed by atoms with Crippen molar-refractivity contribution in [2.24, 2.45) is 0 Å². The lowest BCUT2D eigenvalue weighted by atomic mass is 10.2. The Bertz CT molecular complexity index is 902. The van der Waals surface area contributed by atoms with Crippen LogP contribution in [-0.2, 0) is 27.5 Å². The molecule has 0 aliphatic rings. The first-order valence-corrected chi connectivity index (χ1v) is 9.13. The summed E-state index contributed by atoms with van der Waals surface area (Å²) < 4.78 is 64.1. The van der Waals surface area contributed by atoms with E-state index >= 15 is 0 Å². The standard InChI is InChI=1S/C16H14ClF3N2O3S/c17-14-7-2-1-4-11(14)9-21-15(23)10-22-26(24,25)13-6-3-5-12(8-13)16(18,19)20/h1-8,22H,9-10H2,(H,21,23). The molecule has 0 radical (unpaired) electrons. The Balaban J connectivity index is 1.97. The predicted octanol–water partition coefficient (Wildman–Crippen LogP) is 2.95. The van der Waals surface area contributed by atoms with E-state index in [1.165, 1.54) is 0 Å². The molecule has 2 N–H and O–H groups in total. The number of sulfonamides is 1. The van der Waals surface area contributed by atoms with Gasteiger partial charge in [-0.3, -0.25) is 4.79 Å². The third-order valence-electron chi connectivity index (χ3n) is 3.33. The number of rotatable bonds is 6. The minimum atomic E-state index is -4.67. The molecule has 0 aromatic heterocycles. The van der Waals surface area contributed by atoms with E-state index < -0.39 is 39.1 Å². The number of amides is 1. The molecule has 0 spiro atoms. The van der Waals surface area contributed by atoms with Crippen molar-refractivity contribution in [1.29, 1.82) is 0 Å². The molecular formula is C16H14ClF3N2O3S. The Morgan fingerprint density at radius 3 is 2.42 bits per heavy atom. The van der Waals surface area contributed by atoms with Gasteiger partial charge in [0.1, 0.15) is 0 Å². The van der Waals surface area contributed by atoms with Crippen molar-refractivity contribution in [1.82, 2.24) is 10.0 Å². The molecule has 2 aromatic carbocycles. The lowest BCUT2D eigenvalue weighted by Crippen LogP contribution is -2.36. The third-order valence-corrected chi connectivity index (χ3v) is 5.10. The average molecular weight is 407 g/mol. The highest BCUT2D eigenvalue weighted by Crippen LogP contribution is 2.30. The van der Waals surface area contributed by atoms with E-state index in [-0.39, 0.29) is 6.54 Å². The van der Waals surface area contributed by atoms with Gasteiger partial charge in [-0.15, -0.1) is 0 Å². The monoisotopic (exact) mass is 406 g/mol. The summed E-state index contributed by atoms with van der Waals surface area (Å²) >= 11 is 5.93. The first kappa shape index (κ1) is 20.2. The molecule has 140 valence electrons. The van der Waals surface area contributed by atoms with Crippen molar-refractivity contribution in [2.75, 3.05) is 6.54 Å². The van der Waals surface area contributed by atoms with Gasteiger partial charge >= 0.3 is 6.18 Å². The molecule has 0 unspecified atom stereocenters. The fourth-order valence-electron chi connectivity index (χ4n) is 1.98. The maximum atomic E-state index is 12.7. The molecule has 0 atom stereocenters. The molecule has 26 heavy (non-hydrogen) atoms. The molecule has 10 heteroatoms. The number of hydrogen-bond donors (Lipinski definition) is 2. The van der Waals surface area contributed by atoms with Crippen LogP contribution in [0.5, 0.6) is 0 Å². The second kappa shape index (κ2) is 8.07. The van der Waals surface area contributed by atoms with Crippen LogP contribution in [0.4, 0.5) is 13.2 Å². The lowest BCUT2D eigenvalue weighted by Gasteiger charge is -2.11. The van der Waals surface area contributed by atoms with Gasteiger partial charge in [-0.05, 0) is 29.8 Å². The van der Waals surface area contributed by atoms with Crippen LogP contribution in [-0.4, -0.2) is 20.9 Å². The number of carbonyl (C=O) groups is 1. The third kappa shape index (κ3) is 5.45. The SMILES string of the molecule is O=C(CNS(=O)(=O)c1cccc(C(F)(F)F)c1)NCc1ccccc1Cl. The van der Waals surface area contributed by atoms with E-state index in [2.05, 4.69) is 5.32 Å². The molecule has 0 fully saturated rings. The molecule has 0 heterocycles. The predicted molar refractivity (Wildman–Crippen MR) is 89.9 cm³/mol. The number of carbonyl (C=O) groups excluding carboxylic acids is 1. The minimum Gasteiger partial charge on any atom is -0.351 e. The van der Waals surface area contributed by atoms with Gasteiger partial charge in [-0.25, -0.2) is 13.1 Å². The van der Waals surface area contributed by atoms with Gasteiger partial charge in [0.2, 0.25) is 15.9 Å². The minimum absolute atomic E-state index is 0.0871. The van der Waals surface area contributed by atoms with Crippen LogP contribution >= 0.6 is 11.6 Å². The number of halogens is 4. The molecule has 0 saturated carbocycles. The summed E-state index contributed by atoms with van der Waals surface area (Å²) in [6.07, 6.45) is -4.67. The van der Waals surface area contributed by atoms with Crippen molar-refractivity contribution in [3.63, 3.8) is 0 Å². The molecule has 0 saturated heterocycles. The Morgan fingerprint density at radius 1 is 1.08 bits per heavy atom. The zero-order valence-electron chi connectivity index (χ0n) is 13.2. The highest BCUT2D eigenvalue weighted by Gasteiger charge is 2.31. The van der Waals surface area contributed by atoms with Gasteiger partial charge in [0, 0.05) is 11.6 Å². The Morgan fingerprint density at radius 2 is 1.77 bits per heavy atom. The van der Waals surface area contributed by atoms with Gasteiger partial charge in [0.05, 0.1) is 17.0 Å². The Kier molecular flexibility index (Phi) is 6.27. The van der Waals surface area contributed by atoms with Gasteiger partial charge in [-0.2, -0.15) is 13.2 Å². The van der Waals surface area contributed by atoms with Gasteiger partial charge in [-0.1, -0.05) is 35.9 Å². The van der Waals surface area contributed by atoms with Crippen molar-refractivity contribution in [3.8, 4) is 0 Å². The fourth-order valence-corrected chi connectivity index (χ4v) is 3.21. The summed E-state index contributed by atoms with van der Waals surface area (Å²) in [6.45, 7) is -0.535. The van der Waals surface area contributed by atoms with Crippen molar-refractivity contribution < 1.29 is 26.4 Å². The summed E-state index contributed by atoms with van der Waals surface area (Å²) in [6, 6.07) is 10.0. The molecule has 5 nitrogen and oxygen atoms in total. The molecule has 0 bridgehead atoms. The fraction of sp³-hybridized carbons (Fsp3) is 0.188. The van der Waals surface area contributed by atoms with Crippen LogP contribution in [0, 0.1) is 0 Å².